The van der Waals surface area contributed by atoms with E-state index in [1.165, 1.54) is 6.07 Å². The second-order valence-electron chi connectivity index (χ2n) is 4.54. The molecule has 1 heterocycles. The molecule has 0 saturated heterocycles. The van der Waals surface area contributed by atoms with E-state index in [1.807, 2.05) is 20.0 Å². The summed E-state index contributed by atoms with van der Waals surface area (Å²) in [5.41, 5.74) is 2.06. The van der Waals surface area contributed by atoms with Gasteiger partial charge >= 0.3 is 0 Å². The van der Waals surface area contributed by atoms with E-state index in [0.29, 0.717) is 6.54 Å². The number of rotatable bonds is 5. The van der Waals surface area contributed by atoms with Crippen LogP contribution in [0.25, 0.3) is 10.9 Å². The van der Waals surface area contributed by atoms with Gasteiger partial charge in [-0.05, 0) is 44.0 Å². The summed E-state index contributed by atoms with van der Waals surface area (Å²) in [6, 6.07) is 4.80. The first kappa shape index (κ1) is 17.7. The number of aromatic amines is 1. The summed E-state index contributed by atoms with van der Waals surface area (Å²) in [6.45, 7) is 6.41. The van der Waals surface area contributed by atoms with Crippen LogP contribution in [0.3, 0.4) is 0 Å². The Kier molecular flexibility index (Phi) is 7.49. The second-order valence-corrected chi connectivity index (χ2v) is 4.54. The zero-order valence-corrected chi connectivity index (χ0v) is 14.7. The Morgan fingerprint density at radius 2 is 1.95 bits per heavy atom. The number of halogens is 2. The molecule has 21 heavy (non-hydrogen) atoms. The van der Waals surface area contributed by atoms with Gasteiger partial charge in [-0.3, -0.25) is 4.99 Å². The third-order valence-corrected chi connectivity index (χ3v) is 3.07. The van der Waals surface area contributed by atoms with E-state index in [4.69, 9.17) is 0 Å². The summed E-state index contributed by atoms with van der Waals surface area (Å²) in [4.78, 5) is 7.65. The molecule has 0 amide bonds. The van der Waals surface area contributed by atoms with Crippen molar-refractivity contribution in [3.05, 3.63) is 35.8 Å². The summed E-state index contributed by atoms with van der Waals surface area (Å²) < 4.78 is 13.3. The summed E-state index contributed by atoms with van der Waals surface area (Å²) in [5.74, 6) is 0.615. The van der Waals surface area contributed by atoms with Crippen LogP contribution in [0.15, 0.2) is 29.4 Å². The minimum atomic E-state index is -0.206. The summed E-state index contributed by atoms with van der Waals surface area (Å²) in [7, 11) is 0. The monoisotopic (exact) mass is 404 g/mol. The molecule has 0 aliphatic carbocycles. The summed E-state index contributed by atoms with van der Waals surface area (Å²) in [6.07, 6.45) is 2.71. The van der Waals surface area contributed by atoms with Gasteiger partial charge in [-0.25, -0.2) is 4.39 Å². The van der Waals surface area contributed by atoms with Gasteiger partial charge in [-0.2, -0.15) is 0 Å². The van der Waals surface area contributed by atoms with E-state index in [0.717, 1.165) is 41.9 Å². The molecule has 0 radical (unpaired) electrons. The van der Waals surface area contributed by atoms with E-state index in [9.17, 15) is 4.39 Å². The molecular weight excluding hydrogens is 382 g/mol. The second kappa shape index (κ2) is 8.86. The first-order valence-corrected chi connectivity index (χ1v) is 7.02. The van der Waals surface area contributed by atoms with Gasteiger partial charge in [0.2, 0.25) is 0 Å². The molecule has 1 aromatic carbocycles. The highest BCUT2D eigenvalue weighted by Crippen LogP contribution is 2.19. The molecule has 0 bridgehead atoms. The Balaban J connectivity index is 0.00000220. The van der Waals surface area contributed by atoms with Crippen LogP contribution >= 0.6 is 24.0 Å². The Morgan fingerprint density at radius 3 is 2.62 bits per heavy atom. The normalized spacial score (nSPS) is 10.0. The number of hydrogen-bond acceptors (Lipinski definition) is 1. The minimum Gasteiger partial charge on any atom is -0.361 e. The van der Waals surface area contributed by atoms with Gasteiger partial charge < -0.3 is 15.6 Å². The van der Waals surface area contributed by atoms with Crippen LogP contribution in [-0.4, -0.2) is 30.6 Å². The van der Waals surface area contributed by atoms with Gasteiger partial charge in [-0.15, -0.1) is 24.0 Å². The van der Waals surface area contributed by atoms with E-state index >= 15 is 0 Å². The highest BCUT2D eigenvalue weighted by Gasteiger charge is 2.04. The SMILES string of the molecule is CCNC(=NCCc1c[nH]c2ccc(F)cc12)NCC.I. The van der Waals surface area contributed by atoms with E-state index < -0.39 is 0 Å². The third kappa shape index (κ3) is 4.87. The van der Waals surface area contributed by atoms with E-state index in [-0.39, 0.29) is 29.8 Å². The Labute approximate surface area is 141 Å². The molecular formula is C15H22FIN4. The van der Waals surface area contributed by atoms with Gasteiger partial charge in [0, 0.05) is 36.7 Å². The van der Waals surface area contributed by atoms with Crippen molar-refractivity contribution < 1.29 is 4.39 Å². The van der Waals surface area contributed by atoms with Crippen molar-refractivity contribution in [2.24, 2.45) is 4.99 Å². The molecule has 3 N–H and O–H groups in total. The molecule has 2 rings (SSSR count). The molecule has 0 saturated carbocycles. The lowest BCUT2D eigenvalue weighted by molar-refractivity contribution is 0.629. The standard InChI is InChI=1S/C15H21FN4.HI/c1-3-17-15(18-4-2)19-8-7-11-10-20-14-6-5-12(16)9-13(11)14;/h5-6,9-10,20H,3-4,7-8H2,1-2H3,(H2,17,18,19);1H. The van der Waals surface area contributed by atoms with Crippen molar-refractivity contribution in [1.82, 2.24) is 15.6 Å². The van der Waals surface area contributed by atoms with Crippen molar-refractivity contribution in [2.45, 2.75) is 20.3 Å². The number of nitrogens with one attached hydrogen (secondary N) is 3. The van der Waals surface area contributed by atoms with Crippen molar-refractivity contribution in [1.29, 1.82) is 0 Å². The first-order chi connectivity index (χ1) is 9.74. The highest BCUT2D eigenvalue weighted by molar-refractivity contribution is 14.0. The molecule has 0 aliphatic heterocycles. The molecule has 1 aromatic heterocycles. The molecule has 2 aromatic rings. The van der Waals surface area contributed by atoms with Crippen LogP contribution in [-0.2, 0) is 6.42 Å². The number of aromatic nitrogens is 1. The maximum atomic E-state index is 13.3. The zero-order valence-electron chi connectivity index (χ0n) is 12.4. The number of H-pyrrole nitrogens is 1. The van der Waals surface area contributed by atoms with Crippen LogP contribution in [0.1, 0.15) is 19.4 Å². The van der Waals surface area contributed by atoms with Gasteiger partial charge in [0.05, 0.1) is 0 Å². The molecule has 0 aliphatic rings. The molecule has 116 valence electrons. The van der Waals surface area contributed by atoms with Crippen molar-refractivity contribution in [3.8, 4) is 0 Å². The summed E-state index contributed by atoms with van der Waals surface area (Å²) >= 11 is 0. The first-order valence-electron chi connectivity index (χ1n) is 7.02. The lowest BCUT2D eigenvalue weighted by Crippen LogP contribution is -2.37. The fourth-order valence-corrected chi connectivity index (χ4v) is 2.15. The maximum absolute atomic E-state index is 13.3. The smallest absolute Gasteiger partial charge is 0.191 e. The average molecular weight is 404 g/mol. The van der Waals surface area contributed by atoms with Gasteiger partial charge in [-0.1, -0.05) is 0 Å². The summed E-state index contributed by atoms with van der Waals surface area (Å²) in [5, 5.41) is 7.30. The Hall–Kier alpha value is -1.31. The quantitative estimate of drug-likeness (QED) is 0.408. The van der Waals surface area contributed by atoms with Crippen LogP contribution in [0, 0.1) is 5.82 Å². The molecule has 0 unspecified atom stereocenters. The van der Waals surface area contributed by atoms with E-state index in [1.54, 1.807) is 12.1 Å². The lowest BCUT2D eigenvalue weighted by atomic mass is 10.1. The van der Waals surface area contributed by atoms with Crippen LogP contribution in [0.5, 0.6) is 0 Å². The van der Waals surface area contributed by atoms with Gasteiger partial charge in [0.25, 0.3) is 0 Å². The average Bonchev–Trinajstić information content (AvgIpc) is 2.82. The molecule has 6 heteroatoms. The van der Waals surface area contributed by atoms with Crippen LogP contribution in [0.2, 0.25) is 0 Å². The fraction of sp³-hybridized carbons (Fsp3) is 0.400. The topological polar surface area (TPSA) is 52.2 Å². The predicted molar refractivity (Wildman–Crippen MR) is 97.0 cm³/mol. The Bertz CT molecular complexity index is 586. The minimum absolute atomic E-state index is 0. The van der Waals surface area contributed by atoms with Gasteiger partial charge in [0.1, 0.15) is 5.82 Å². The molecule has 4 nitrogen and oxygen atoms in total. The molecule has 0 atom stereocenters. The predicted octanol–water partition coefficient (Wildman–Crippen LogP) is 3.04. The number of nitrogens with zero attached hydrogens (tertiary/aromatic N) is 1. The van der Waals surface area contributed by atoms with Crippen molar-refractivity contribution in [2.75, 3.05) is 19.6 Å². The fourth-order valence-electron chi connectivity index (χ4n) is 2.15. The molecule has 0 fully saturated rings. The largest absolute Gasteiger partial charge is 0.361 e. The number of fused-ring (bicyclic) bond motifs is 1. The Morgan fingerprint density at radius 1 is 1.24 bits per heavy atom. The van der Waals surface area contributed by atoms with Crippen molar-refractivity contribution in [3.63, 3.8) is 0 Å². The number of benzene rings is 1. The van der Waals surface area contributed by atoms with Crippen LogP contribution in [0.4, 0.5) is 4.39 Å². The lowest BCUT2D eigenvalue weighted by Gasteiger charge is -2.08. The van der Waals surface area contributed by atoms with Crippen LogP contribution < -0.4 is 10.6 Å². The molecule has 0 spiro atoms. The van der Waals surface area contributed by atoms with E-state index in [2.05, 4.69) is 20.6 Å². The number of hydrogen-bond donors (Lipinski definition) is 3. The highest BCUT2D eigenvalue weighted by atomic mass is 127. The maximum Gasteiger partial charge on any atom is 0.191 e. The van der Waals surface area contributed by atoms with Crippen molar-refractivity contribution >= 4 is 40.8 Å². The number of aliphatic imine (C=N–C) groups is 1. The van der Waals surface area contributed by atoms with Gasteiger partial charge in [0.15, 0.2) is 5.96 Å². The zero-order chi connectivity index (χ0) is 14.4. The number of guanidine groups is 1. The third-order valence-electron chi connectivity index (χ3n) is 3.07.